The second-order valence-electron chi connectivity index (χ2n) is 6.92. The highest BCUT2D eigenvalue weighted by Gasteiger charge is 2.34. The van der Waals surface area contributed by atoms with Gasteiger partial charge in [-0.15, -0.1) is 0 Å². The van der Waals surface area contributed by atoms with Crippen molar-refractivity contribution in [3.8, 4) is 11.5 Å². The van der Waals surface area contributed by atoms with Gasteiger partial charge >= 0.3 is 0 Å². The van der Waals surface area contributed by atoms with Gasteiger partial charge in [0.1, 0.15) is 17.2 Å². The largest absolute Gasteiger partial charge is 0.497 e. The van der Waals surface area contributed by atoms with Crippen LogP contribution in [0.2, 0.25) is 0 Å². The molecule has 0 radical (unpaired) electrons. The van der Waals surface area contributed by atoms with Crippen molar-refractivity contribution >= 4 is 0 Å². The van der Waals surface area contributed by atoms with E-state index >= 15 is 0 Å². The third-order valence-electron chi connectivity index (χ3n) is 4.90. The van der Waals surface area contributed by atoms with Gasteiger partial charge < -0.3 is 20.3 Å². The van der Waals surface area contributed by atoms with E-state index in [0.29, 0.717) is 25.4 Å². The molecule has 0 spiro atoms. The molecule has 0 amide bonds. The van der Waals surface area contributed by atoms with E-state index in [1.54, 1.807) is 7.11 Å². The maximum atomic E-state index is 9.91. The van der Waals surface area contributed by atoms with Crippen LogP contribution in [0.15, 0.2) is 48.5 Å². The SMILES string of the molecule is COc1cccc(OCCCc2ccc([C@@H]3CC[C@](N)(O)C3)cc2)c1. The maximum absolute atomic E-state index is 9.91. The van der Waals surface area contributed by atoms with Gasteiger partial charge in [-0.2, -0.15) is 0 Å². The number of aliphatic hydroxyl groups is 1. The van der Waals surface area contributed by atoms with Gasteiger partial charge in [0.25, 0.3) is 0 Å². The molecule has 2 aromatic rings. The highest BCUT2D eigenvalue weighted by Crippen LogP contribution is 2.38. The Morgan fingerprint density at radius 2 is 1.92 bits per heavy atom. The summed E-state index contributed by atoms with van der Waals surface area (Å²) in [5.41, 5.74) is 7.41. The normalized spacial score (nSPS) is 22.8. The predicted octanol–water partition coefficient (Wildman–Crippen LogP) is 3.62. The van der Waals surface area contributed by atoms with E-state index in [-0.39, 0.29) is 0 Å². The van der Waals surface area contributed by atoms with Gasteiger partial charge in [0.2, 0.25) is 0 Å². The summed E-state index contributed by atoms with van der Waals surface area (Å²) in [6, 6.07) is 16.4. The number of methoxy groups -OCH3 is 1. The monoisotopic (exact) mass is 341 g/mol. The Morgan fingerprint density at radius 3 is 2.60 bits per heavy atom. The molecule has 2 aromatic carbocycles. The second kappa shape index (κ2) is 7.89. The van der Waals surface area contributed by atoms with Crippen molar-refractivity contribution in [2.75, 3.05) is 13.7 Å². The third-order valence-corrected chi connectivity index (χ3v) is 4.90. The molecule has 1 fully saturated rings. The predicted molar refractivity (Wildman–Crippen MR) is 99.0 cm³/mol. The van der Waals surface area contributed by atoms with Crippen molar-refractivity contribution in [1.82, 2.24) is 0 Å². The number of rotatable bonds is 7. The Balaban J connectivity index is 1.44. The van der Waals surface area contributed by atoms with Gasteiger partial charge in [0.15, 0.2) is 0 Å². The first-order valence-electron chi connectivity index (χ1n) is 8.93. The highest BCUT2D eigenvalue weighted by atomic mass is 16.5. The first-order valence-corrected chi connectivity index (χ1v) is 8.93. The summed E-state index contributed by atoms with van der Waals surface area (Å²) in [5.74, 6) is 2.02. The van der Waals surface area contributed by atoms with Gasteiger partial charge in [-0.25, -0.2) is 0 Å². The lowest BCUT2D eigenvalue weighted by atomic mass is 9.95. The molecule has 0 bridgehead atoms. The molecular formula is C21H27NO3. The Morgan fingerprint density at radius 1 is 1.16 bits per heavy atom. The number of nitrogens with two attached hydrogens (primary N) is 1. The van der Waals surface area contributed by atoms with Crippen molar-refractivity contribution in [2.24, 2.45) is 5.73 Å². The fraction of sp³-hybridized carbons (Fsp3) is 0.429. The lowest BCUT2D eigenvalue weighted by Gasteiger charge is -2.16. The second-order valence-corrected chi connectivity index (χ2v) is 6.92. The van der Waals surface area contributed by atoms with Gasteiger partial charge in [0.05, 0.1) is 13.7 Å². The van der Waals surface area contributed by atoms with Crippen LogP contribution in [0.25, 0.3) is 0 Å². The van der Waals surface area contributed by atoms with Crippen LogP contribution in [0.5, 0.6) is 11.5 Å². The third kappa shape index (κ3) is 4.97. The standard InChI is InChI=1S/C21H27NO3/c1-24-19-5-2-6-20(14-19)25-13-3-4-16-7-9-17(10-8-16)18-11-12-21(22,23)15-18/h2,5-10,14,18,23H,3-4,11-13,15,22H2,1H3/t18-,21+/m1/s1. The Bertz CT molecular complexity index is 682. The summed E-state index contributed by atoms with van der Waals surface area (Å²) in [7, 11) is 1.66. The number of ether oxygens (including phenoxy) is 2. The number of hydrogen-bond acceptors (Lipinski definition) is 4. The van der Waals surface area contributed by atoms with Crippen LogP contribution in [0.3, 0.4) is 0 Å². The zero-order chi connectivity index (χ0) is 17.7. The number of hydrogen-bond donors (Lipinski definition) is 2. The van der Waals surface area contributed by atoms with E-state index in [4.69, 9.17) is 15.2 Å². The van der Waals surface area contributed by atoms with Crippen molar-refractivity contribution < 1.29 is 14.6 Å². The van der Waals surface area contributed by atoms with Gasteiger partial charge in [-0.1, -0.05) is 30.3 Å². The average molecular weight is 341 g/mol. The van der Waals surface area contributed by atoms with E-state index < -0.39 is 5.72 Å². The van der Waals surface area contributed by atoms with Crippen molar-refractivity contribution in [1.29, 1.82) is 0 Å². The Hall–Kier alpha value is -2.04. The van der Waals surface area contributed by atoms with E-state index in [9.17, 15) is 5.11 Å². The van der Waals surface area contributed by atoms with Crippen molar-refractivity contribution in [2.45, 2.75) is 43.7 Å². The lowest BCUT2D eigenvalue weighted by molar-refractivity contribution is 0.0533. The van der Waals surface area contributed by atoms with E-state index in [2.05, 4.69) is 24.3 Å². The average Bonchev–Trinajstić information content (AvgIpc) is 2.99. The molecular weight excluding hydrogens is 314 g/mol. The topological polar surface area (TPSA) is 64.7 Å². The zero-order valence-corrected chi connectivity index (χ0v) is 14.8. The fourth-order valence-corrected chi connectivity index (χ4v) is 3.45. The van der Waals surface area contributed by atoms with Crippen molar-refractivity contribution in [3.63, 3.8) is 0 Å². The number of aryl methyl sites for hydroxylation is 1. The molecule has 1 aliphatic rings. The summed E-state index contributed by atoms with van der Waals surface area (Å²) < 4.78 is 11.0. The van der Waals surface area contributed by atoms with Gasteiger partial charge in [0, 0.05) is 6.07 Å². The van der Waals surface area contributed by atoms with Crippen LogP contribution < -0.4 is 15.2 Å². The zero-order valence-electron chi connectivity index (χ0n) is 14.8. The molecule has 0 saturated heterocycles. The van der Waals surface area contributed by atoms with Crippen LogP contribution in [0.1, 0.15) is 42.7 Å². The Kier molecular flexibility index (Phi) is 5.61. The number of benzene rings is 2. The highest BCUT2D eigenvalue weighted by molar-refractivity contribution is 5.32. The van der Waals surface area contributed by atoms with Crippen LogP contribution in [-0.4, -0.2) is 24.5 Å². The minimum absolute atomic E-state index is 0.375. The molecule has 134 valence electrons. The van der Waals surface area contributed by atoms with Crippen molar-refractivity contribution in [3.05, 3.63) is 59.7 Å². The fourth-order valence-electron chi connectivity index (χ4n) is 3.45. The van der Waals surface area contributed by atoms with Gasteiger partial charge in [-0.3, -0.25) is 0 Å². The summed E-state index contributed by atoms with van der Waals surface area (Å²) in [4.78, 5) is 0. The van der Waals surface area contributed by atoms with E-state index in [0.717, 1.165) is 30.8 Å². The molecule has 3 rings (SSSR count). The molecule has 0 unspecified atom stereocenters. The molecule has 0 aliphatic heterocycles. The van der Waals surface area contributed by atoms with Gasteiger partial charge in [-0.05, 0) is 61.3 Å². The van der Waals surface area contributed by atoms with Crippen LogP contribution >= 0.6 is 0 Å². The first kappa shape index (κ1) is 17.8. The molecule has 4 nitrogen and oxygen atoms in total. The minimum Gasteiger partial charge on any atom is -0.497 e. The van der Waals surface area contributed by atoms with Crippen LogP contribution in [0.4, 0.5) is 0 Å². The minimum atomic E-state index is -0.985. The van der Waals surface area contributed by atoms with Crippen LogP contribution in [0, 0.1) is 0 Å². The summed E-state index contributed by atoms with van der Waals surface area (Å²) in [5, 5.41) is 9.91. The molecule has 3 N–H and O–H groups in total. The molecule has 0 aromatic heterocycles. The van der Waals surface area contributed by atoms with E-state index in [1.165, 1.54) is 11.1 Å². The molecule has 4 heteroatoms. The quantitative estimate of drug-likeness (QED) is 0.596. The first-order chi connectivity index (χ1) is 12.1. The Labute approximate surface area is 149 Å². The van der Waals surface area contributed by atoms with E-state index in [1.807, 2.05) is 24.3 Å². The summed E-state index contributed by atoms with van der Waals surface area (Å²) >= 11 is 0. The molecule has 25 heavy (non-hydrogen) atoms. The lowest BCUT2D eigenvalue weighted by Crippen LogP contribution is -2.35. The molecule has 1 saturated carbocycles. The summed E-state index contributed by atoms with van der Waals surface area (Å²) in [6.45, 7) is 0.678. The maximum Gasteiger partial charge on any atom is 0.122 e. The summed E-state index contributed by atoms with van der Waals surface area (Å²) in [6.07, 6.45) is 4.24. The smallest absolute Gasteiger partial charge is 0.122 e. The van der Waals surface area contributed by atoms with Crippen LogP contribution in [-0.2, 0) is 6.42 Å². The molecule has 2 atom stereocenters. The molecule has 0 heterocycles. The molecule has 1 aliphatic carbocycles.